The number of aryl methyl sites for hydroxylation is 1. The molecular formula is C137H106N12. The fraction of sp³-hybridized carbons (Fsp3) is 0.197. The van der Waals surface area contributed by atoms with Crippen LogP contribution in [0.3, 0.4) is 0 Å². The van der Waals surface area contributed by atoms with Gasteiger partial charge in [-0.05, 0) is 369 Å². The number of aromatic nitrogens is 3. The molecule has 20 aromatic rings. The van der Waals surface area contributed by atoms with Crippen molar-refractivity contribution in [3.63, 3.8) is 0 Å². The van der Waals surface area contributed by atoms with Gasteiger partial charge in [0.05, 0.1) is 89.7 Å². The molecule has 0 saturated heterocycles. The maximum absolute atomic E-state index is 10.1. The highest BCUT2D eigenvalue weighted by Crippen LogP contribution is 2.56. The second-order valence-electron chi connectivity index (χ2n) is 43.8. The third kappa shape index (κ3) is 15.9. The smallest absolute Gasteiger partial charge is 0.101 e. The lowest BCUT2D eigenvalue weighted by molar-refractivity contribution is 0.457. The standard InChI is InChI=1S/C39H39N3.C36H25N3.2C31H21N3/c1-38(2,3)30-10-15-32(16-11-30)42(33-17-12-31(13-18-33)39(4,5)6)34-14-9-25-19-29-21-28(35(25)22-34)20-26-7-8-27(23-40)36(24-41)37(26)29;1-36(26-9-3-2-4-10-26)32-20-17-25(22-37)31(23-38)28(32)19-16-24-15-18-27(21-33(24)36)39-34-13-7-5-11-29(34)30-12-6-8-14-35(30)39;32-17-19-11-23(18-33)29-15-22-14-21(28(29)12-19)13-20-9-10-24(16-27(20)22)34-30-7-3-1-5-25(30)26-6-2-4-8-31(26)34;32-17-21-10-9-20-14-22-15-23(31(20)28(21)18-33)13-19-11-12-24(16-27(19)22)34-29-7-3-1-5-25(29)26-6-2-4-8-30(26)34/h7-18,22,28-29H,19-21H2,1-6H3;2-15,17-18,20-21H,16,19H2,1H3;1-12,16,21-22H,13-15H2;1-12,16,22-23H,13-15H2. The first kappa shape index (κ1) is 93.2. The van der Waals surface area contributed by atoms with Crippen molar-refractivity contribution in [2.24, 2.45) is 0 Å². The van der Waals surface area contributed by atoms with Crippen LogP contribution in [0.2, 0.25) is 0 Å². The van der Waals surface area contributed by atoms with Crippen LogP contribution in [0.15, 0.2) is 346 Å². The maximum Gasteiger partial charge on any atom is 0.101 e. The fourth-order valence-electron chi connectivity index (χ4n) is 26.6. The molecule has 7 atom stereocenters. The van der Waals surface area contributed by atoms with E-state index in [1.807, 2.05) is 30.3 Å². The topological polar surface area (TPSA) is 208 Å². The van der Waals surface area contributed by atoms with E-state index in [4.69, 9.17) is 0 Å². The first-order valence-corrected chi connectivity index (χ1v) is 52.0. The fourth-order valence-corrected chi connectivity index (χ4v) is 26.6. The van der Waals surface area contributed by atoms with Crippen LogP contribution >= 0.6 is 0 Å². The van der Waals surface area contributed by atoms with Gasteiger partial charge in [0.1, 0.15) is 36.4 Å². The normalized spacial score (nSPS) is 17.4. The molecule has 27 rings (SSSR count). The molecule has 3 heterocycles. The third-order valence-corrected chi connectivity index (χ3v) is 33.6. The Balaban J connectivity index is 0.000000106. The van der Waals surface area contributed by atoms with Crippen LogP contribution < -0.4 is 4.90 Å². The van der Waals surface area contributed by atoms with Gasteiger partial charge in [0.2, 0.25) is 0 Å². The lowest BCUT2D eigenvalue weighted by Crippen LogP contribution is -2.27. The Kier molecular flexibility index (Phi) is 23.3. The minimum atomic E-state index is -0.503. The molecule has 714 valence electrons. The number of anilines is 3. The van der Waals surface area contributed by atoms with Crippen LogP contribution in [0, 0.1) is 90.6 Å². The summed E-state index contributed by atoms with van der Waals surface area (Å²) in [5.74, 6) is 2.21. The number of rotatable bonds is 7. The summed E-state index contributed by atoms with van der Waals surface area (Å²) in [4.78, 5) is 2.38. The maximum atomic E-state index is 10.1. The Bertz CT molecular complexity index is 9110. The summed E-state index contributed by atoms with van der Waals surface area (Å²) in [6.45, 7) is 15.8. The van der Waals surface area contributed by atoms with Crippen LogP contribution in [-0.4, -0.2) is 13.7 Å². The van der Waals surface area contributed by atoms with Crippen molar-refractivity contribution in [1.82, 2.24) is 13.7 Å². The first-order valence-electron chi connectivity index (χ1n) is 52.0. The molecule has 12 nitrogen and oxygen atoms in total. The van der Waals surface area contributed by atoms with Crippen molar-refractivity contribution < 1.29 is 0 Å². The van der Waals surface area contributed by atoms with Crippen molar-refractivity contribution in [3.8, 4) is 65.6 Å². The van der Waals surface area contributed by atoms with Crippen LogP contribution in [0.4, 0.5) is 17.1 Å². The first-order chi connectivity index (χ1) is 72.6. The summed E-state index contributed by atoms with van der Waals surface area (Å²) in [7, 11) is 0. The Labute approximate surface area is 869 Å². The minimum Gasteiger partial charge on any atom is -0.310 e. The largest absolute Gasteiger partial charge is 0.310 e. The van der Waals surface area contributed by atoms with Crippen LogP contribution in [0.1, 0.15) is 253 Å². The Morgan fingerprint density at radius 2 is 0.617 bits per heavy atom. The third-order valence-electron chi connectivity index (χ3n) is 33.6. The van der Waals surface area contributed by atoms with Crippen molar-refractivity contribution in [3.05, 3.63) is 496 Å². The summed E-state index contributed by atoms with van der Waals surface area (Å²) in [5.41, 5.74) is 42.2. The summed E-state index contributed by atoms with van der Waals surface area (Å²) in [6, 6.07) is 142. The zero-order valence-electron chi connectivity index (χ0n) is 84.5. The van der Waals surface area contributed by atoms with Gasteiger partial charge >= 0.3 is 0 Å². The van der Waals surface area contributed by atoms with Crippen molar-refractivity contribution in [1.29, 1.82) is 42.1 Å². The molecule has 0 spiro atoms. The number of nitrogens with zero attached hydrogens (tertiary/aromatic N) is 12. The number of hydrogen-bond donors (Lipinski definition) is 0. The zero-order valence-corrected chi connectivity index (χ0v) is 84.5. The summed E-state index contributed by atoms with van der Waals surface area (Å²) < 4.78 is 7.14. The van der Waals surface area contributed by atoms with E-state index in [9.17, 15) is 42.1 Å². The SMILES string of the molecule is CC(C)(C)c1ccc(N(c2ccc(C(C)(C)C)cc2)c2ccc3c(c2)C2Cc4ccc(C#N)c(C#N)c4C(C3)C2)cc1.CC1(c2ccccc2)c2cc(-n3c4ccccc4c4ccccc43)ccc2CCc2c1ccc(C#N)c2C#N.N#Cc1cc(C#N)c2c(c1)C1Cc3ccc(-n4c5ccccc5c5ccccc54)cc3C(C2)C1.N#Cc1ccc2c(c1C#N)C1Cc3ccc(-n4c5ccccc5c5ccccc54)cc3C(C2)C1. The van der Waals surface area contributed by atoms with E-state index < -0.39 is 5.41 Å². The van der Waals surface area contributed by atoms with E-state index in [0.717, 1.165) is 116 Å². The van der Waals surface area contributed by atoms with E-state index in [2.05, 4.69) is 425 Å². The molecule has 12 heteroatoms. The van der Waals surface area contributed by atoms with Crippen molar-refractivity contribution >= 4 is 82.5 Å². The molecule has 6 bridgehead atoms. The van der Waals surface area contributed by atoms with Gasteiger partial charge in [-0.3, -0.25) is 0 Å². The average Bonchev–Trinajstić information content (AvgIpc) is 1.71. The van der Waals surface area contributed by atoms with E-state index in [1.165, 1.54) is 160 Å². The molecule has 3 aromatic heterocycles. The van der Waals surface area contributed by atoms with Crippen LogP contribution in [-0.2, 0) is 67.6 Å². The lowest BCUT2D eigenvalue weighted by Gasteiger charge is -2.39. The highest BCUT2D eigenvalue weighted by Gasteiger charge is 2.43. The molecule has 7 unspecified atom stereocenters. The molecule has 0 N–H and O–H groups in total. The Hall–Kier alpha value is -18.1. The molecule has 0 aliphatic heterocycles. The van der Waals surface area contributed by atoms with E-state index >= 15 is 0 Å². The number of hydrogen-bond acceptors (Lipinski definition) is 9. The zero-order chi connectivity index (χ0) is 102. The Morgan fingerprint density at radius 1 is 0.268 bits per heavy atom. The molecule has 0 saturated carbocycles. The predicted molar refractivity (Wildman–Crippen MR) is 596 cm³/mol. The van der Waals surface area contributed by atoms with Gasteiger partial charge in [-0.1, -0.05) is 248 Å². The molecule has 0 amide bonds. The van der Waals surface area contributed by atoms with E-state index in [0.29, 0.717) is 74.1 Å². The quantitative estimate of drug-likeness (QED) is 0.148. The van der Waals surface area contributed by atoms with Gasteiger partial charge in [0.15, 0.2) is 0 Å². The van der Waals surface area contributed by atoms with E-state index in [1.54, 1.807) is 6.07 Å². The van der Waals surface area contributed by atoms with E-state index in [-0.39, 0.29) is 16.7 Å². The summed E-state index contributed by atoms with van der Waals surface area (Å²) in [6.07, 6.45) is 10.2. The van der Waals surface area contributed by atoms with Gasteiger partial charge in [0.25, 0.3) is 0 Å². The summed E-state index contributed by atoms with van der Waals surface area (Å²) in [5, 5.41) is 85.5. The molecule has 7 aliphatic rings. The molecule has 0 fully saturated rings. The molecular weight excluding hydrogens is 1810 g/mol. The highest BCUT2D eigenvalue weighted by molar-refractivity contribution is 6.11. The van der Waals surface area contributed by atoms with Crippen molar-refractivity contribution in [2.45, 2.75) is 171 Å². The second kappa shape index (κ2) is 37.2. The van der Waals surface area contributed by atoms with Crippen LogP contribution in [0.5, 0.6) is 0 Å². The van der Waals surface area contributed by atoms with Gasteiger partial charge < -0.3 is 18.6 Å². The monoisotopic (exact) mass is 1920 g/mol. The average molecular weight is 1920 g/mol. The lowest BCUT2D eigenvalue weighted by atomic mass is 9.65. The summed E-state index contributed by atoms with van der Waals surface area (Å²) >= 11 is 0. The van der Waals surface area contributed by atoms with Gasteiger partial charge in [-0.2, -0.15) is 42.1 Å². The van der Waals surface area contributed by atoms with Gasteiger partial charge in [0, 0.05) is 71.9 Å². The number of nitriles is 8. The minimum absolute atomic E-state index is 0.0940. The second-order valence-corrected chi connectivity index (χ2v) is 43.8. The van der Waals surface area contributed by atoms with Crippen molar-refractivity contribution in [2.75, 3.05) is 4.90 Å². The number of fused-ring (bicyclic) bond motifs is 29. The molecule has 7 aliphatic carbocycles. The molecule has 17 aromatic carbocycles. The Morgan fingerprint density at radius 3 is 1.04 bits per heavy atom. The number of benzene rings is 17. The highest BCUT2D eigenvalue weighted by atomic mass is 15.1. The molecule has 0 radical (unpaired) electrons. The van der Waals surface area contributed by atoms with Gasteiger partial charge in [-0.15, -0.1) is 0 Å². The van der Waals surface area contributed by atoms with Gasteiger partial charge in [-0.25, -0.2) is 0 Å². The van der Waals surface area contributed by atoms with Crippen LogP contribution in [0.25, 0.3) is 82.5 Å². The number of para-hydroxylation sites is 6. The predicted octanol–water partition coefficient (Wildman–Crippen LogP) is 31.6. The molecule has 149 heavy (non-hydrogen) atoms.